The quantitative estimate of drug-likeness (QED) is 0.490. The summed E-state index contributed by atoms with van der Waals surface area (Å²) in [6.45, 7) is -0.539. The van der Waals surface area contributed by atoms with E-state index < -0.39 is 48.4 Å². The van der Waals surface area contributed by atoms with Crippen molar-refractivity contribution in [2.24, 2.45) is 0 Å². The third kappa shape index (κ3) is 2.93. The molecule has 0 aromatic rings. The van der Waals surface area contributed by atoms with E-state index in [9.17, 15) is 28.2 Å². The molecule has 6 nitrogen and oxygen atoms in total. The Bertz CT molecular complexity index is 430. The van der Waals surface area contributed by atoms with E-state index in [1.54, 1.807) is 0 Å². The molecule has 0 spiro atoms. The Morgan fingerprint density at radius 1 is 1.40 bits per heavy atom. The summed E-state index contributed by atoms with van der Waals surface area (Å²) in [6, 6.07) is -0.856. The first kappa shape index (κ1) is 15.6. The minimum atomic E-state index is -4.98. The van der Waals surface area contributed by atoms with Crippen molar-refractivity contribution in [3.05, 3.63) is 11.1 Å². The van der Waals surface area contributed by atoms with Gasteiger partial charge < -0.3 is 25.4 Å². The number of ether oxygens (including phenoxy) is 1. The average molecular weight is 315 g/mol. The van der Waals surface area contributed by atoms with E-state index in [1.807, 2.05) is 0 Å². The number of allylic oxidation sites excluding steroid dienone is 1. The molecule has 2 aliphatic heterocycles. The zero-order valence-corrected chi connectivity index (χ0v) is 10.7. The molecule has 0 radical (unpaired) electrons. The van der Waals surface area contributed by atoms with Crippen LogP contribution >= 0.6 is 11.8 Å². The summed E-state index contributed by atoms with van der Waals surface area (Å²) in [5.74, 6) is -2.03. The number of aliphatic hydroxyl groups is 3. The SMILES string of the molecule is O=C(/C=C1\N[C@@H]2[C@@H](O)[C@H](O)[C@@H](CO)O[C@@H]2S1)C(F)(F)F. The molecule has 4 N–H and O–H groups in total. The highest BCUT2D eigenvalue weighted by molar-refractivity contribution is 8.03. The number of hydrogen-bond acceptors (Lipinski definition) is 7. The predicted octanol–water partition coefficient (Wildman–Crippen LogP) is -0.897. The zero-order chi connectivity index (χ0) is 15.1. The highest BCUT2D eigenvalue weighted by atomic mass is 32.2. The normalized spacial score (nSPS) is 39.5. The second-order valence-corrected chi connectivity index (χ2v) is 5.51. The number of halogens is 3. The van der Waals surface area contributed by atoms with Crippen LogP contribution in [-0.2, 0) is 9.53 Å². The molecule has 2 saturated heterocycles. The molecule has 2 rings (SSSR count). The third-order valence-electron chi connectivity index (χ3n) is 2.97. The lowest BCUT2D eigenvalue weighted by Crippen LogP contribution is -2.59. The molecule has 2 fully saturated rings. The maximum Gasteiger partial charge on any atom is 0.454 e. The van der Waals surface area contributed by atoms with Gasteiger partial charge >= 0.3 is 6.18 Å². The van der Waals surface area contributed by atoms with E-state index in [4.69, 9.17) is 9.84 Å². The molecule has 0 aromatic heterocycles. The summed E-state index contributed by atoms with van der Waals surface area (Å²) in [5.41, 5.74) is -0.794. The van der Waals surface area contributed by atoms with Gasteiger partial charge in [-0.25, -0.2) is 0 Å². The monoisotopic (exact) mass is 315 g/mol. The molecule has 2 heterocycles. The van der Waals surface area contributed by atoms with Crippen LogP contribution < -0.4 is 5.32 Å². The van der Waals surface area contributed by atoms with Crippen LogP contribution in [0.1, 0.15) is 0 Å². The molecule has 0 amide bonds. The second kappa shape index (κ2) is 5.53. The Balaban J connectivity index is 2.11. The smallest absolute Gasteiger partial charge is 0.394 e. The number of carbonyl (C=O) groups is 1. The van der Waals surface area contributed by atoms with Gasteiger partial charge in [0.2, 0.25) is 0 Å². The van der Waals surface area contributed by atoms with Crippen LogP contribution in [0, 0.1) is 0 Å². The van der Waals surface area contributed by atoms with Gasteiger partial charge in [-0.2, -0.15) is 13.2 Å². The number of hydrogen-bond donors (Lipinski definition) is 4. The zero-order valence-electron chi connectivity index (χ0n) is 9.87. The van der Waals surface area contributed by atoms with Crippen molar-refractivity contribution in [3.63, 3.8) is 0 Å². The number of alkyl halides is 3. The summed E-state index contributed by atoms with van der Waals surface area (Å²) >= 11 is 0.789. The van der Waals surface area contributed by atoms with Gasteiger partial charge in [-0.15, -0.1) is 0 Å². The molecule has 0 saturated carbocycles. The summed E-state index contributed by atoms with van der Waals surface area (Å²) in [7, 11) is 0. The first-order chi connectivity index (χ1) is 9.24. The van der Waals surface area contributed by atoms with Crippen molar-refractivity contribution in [2.75, 3.05) is 6.61 Å². The van der Waals surface area contributed by atoms with Crippen molar-refractivity contribution in [2.45, 2.75) is 36.0 Å². The van der Waals surface area contributed by atoms with Crippen LogP contribution in [0.15, 0.2) is 11.1 Å². The van der Waals surface area contributed by atoms with Crippen molar-refractivity contribution in [1.29, 1.82) is 0 Å². The average Bonchev–Trinajstić information content (AvgIpc) is 2.75. The highest BCUT2D eigenvalue weighted by Gasteiger charge is 2.49. The topological polar surface area (TPSA) is 99.0 Å². The van der Waals surface area contributed by atoms with Crippen LogP contribution in [0.3, 0.4) is 0 Å². The van der Waals surface area contributed by atoms with Crippen LogP contribution in [0.2, 0.25) is 0 Å². The lowest BCUT2D eigenvalue weighted by atomic mass is 9.98. The molecule has 5 atom stereocenters. The Hall–Kier alpha value is -0.810. The van der Waals surface area contributed by atoms with Crippen molar-refractivity contribution < 1.29 is 38.0 Å². The summed E-state index contributed by atoms with van der Waals surface area (Å²) < 4.78 is 41.7. The van der Waals surface area contributed by atoms with E-state index in [2.05, 4.69) is 5.32 Å². The number of ketones is 1. The fraction of sp³-hybridized carbons (Fsp3) is 0.700. The second-order valence-electron chi connectivity index (χ2n) is 4.37. The van der Waals surface area contributed by atoms with Gasteiger partial charge in [-0.3, -0.25) is 4.79 Å². The van der Waals surface area contributed by atoms with Gasteiger partial charge in [0, 0.05) is 6.08 Å². The predicted molar refractivity (Wildman–Crippen MR) is 61.4 cm³/mol. The molecular formula is C10H12F3NO5S. The Morgan fingerprint density at radius 3 is 2.60 bits per heavy atom. The van der Waals surface area contributed by atoms with E-state index in [0.717, 1.165) is 11.8 Å². The van der Waals surface area contributed by atoms with Gasteiger partial charge in [-0.1, -0.05) is 11.8 Å². The van der Waals surface area contributed by atoms with E-state index in [0.29, 0.717) is 6.08 Å². The number of nitrogens with one attached hydrogen (secondary N) is 1. The number of aliphatic hydroxyl groups excluding tert-OH is 3. The first-order valence-corrected chi connectivity index (χ1v) is 6.50. The number of thioether (sulfide) groups is 1. The lowest BCUT2D eigenvalue weighted by molar-refractivity contribution is -0.167. The minimum absolute atomic E-state index is 0.104. The lowest BCUT2D eigenvalue weighted by Gasteiger charge is -2.38. The van der Waals surface area contributed by atoms with Gasteiger partial charge in [0.15, 0.2) is 0 Å². The minimum Gasteiger partial charge on any atom is -0.394 e. The molecule has 0 unspecified atom stereocenters. The molecule has 2 aliphatic rings. The Kier molecular flexibility index (Phi) is 4.30. The van der Waals surface area contributed by atoms with E-state index in [-0.39, 0.29) is 5.03 Å². The molecule has 0 bridgehead atoms. The first-order valence-electron chi connectivity index (χ1n) is 5.62. The van der Waals surface area contributed by atoms with Gasteiger partial charge in [0.25, 0.3) is 5.78 Å². The third-order valence-corrected chi connectivity index (χ3v) is 4.10. The molecule has 20 heavy (non-hydrogen) atoms. The standard InChI is InChI=1S/C10H12F3NO5S/c11-10(12,13)4(16)1-5-14-6-8(18)7(17)3(2-15)19-9(6)20-5/h1,3,6-9,14-15,17-18H,2H2/b5-1+/t3-,6-,7-,8-,9-/m1/s1. The highest BCUT2D eigenvalue weighted by Crippen LogP contribution is 2.38. The van der Waals surface area contributed by atoms with Gasteiger partial charge in [0.1, 0.15) is 23.7 Å². The maximum atomic E-state index is 12.1. The molecule has 10 heteroatoms. The largest absolute Gasteiger partial charge is 0.454 e. The van der Waals surface area contributed by atoms with Crippen molar-refractivity contribution >= 4 is 17.5 Å². The van der Waals surface area contributed by atoms with Gasteiger partial charge in [-0.05, 0) is 0 Å². The molecule has 0 aliphatic carbocycles. The van der Waals surface area contributed by atoms with Crippen molar-refractivity contribution in [3.8, 4) is 0 Å². The summed E-state index contributed by atoms with van der Waals surface area (Å²) in [4.78, 5) is 10.8. The van der Waals surface area contributed by atoms with Crippen molar-refractivity contribution in [1.82, 2.24) is 5.32 Å². The number of fused-ring (bicyclic) bond motifs is 1. The fourth-order valence-electron chi connectivity index (χ4n) is 1.94. The molecule has 114 valence electrons. The maximum absolute atomic E-state index is 12.1. The Labute approximate surface area is 115 Å². The van der Waals surface area contributed by atoms with Crippen LogP contribution in [0.4, 0.5) is 13.2 Å². The van der Waals surface area contributed by atoms with Crippen LogP contribution in [0.5, 0.6) is 0 Å². The molecular weight excluding hydrogens is 303 g/mol. The number of carbonyl (C=O) groups excluding carboxylic acids is 1. The Morgan fingerprint density at radius 2 is 2.05 bits per heavy atom. The summed E-state index contributed by atoms with van der Waals surface area (Å²) in [5, 5.41) is 30.8. The van der Waals surface area contributed by atoms with Gasteiger partial charge in [0.05, 0.1) is 17.7 Å². The number of rotatable bonds is 2. The van der Waals surface area contributed by atoms with Crippen LogP contribution in [0.25, 0.3) is 0 Å². The fourth-order valence-corrected chi connectivity index (χ4v) is 3.14. The van der Waals surface area contributed by atoms with E-state index >= 15 is 0 Å². The summed E-state index contributed by atoms with van der Waals surface area (Å²) in [6.07, 6.45) is -8.33. The van der Waals surface area contributed by atoms with Crippen LogP contribution in [-0.4, -0.2) is 63.7 Å². The van der Waals surface area contributed by atoms with E-state index in [1.165, 1.54) is 0 Å². The molecule has 0 aromatic carbocycles.